The van der Waals surface area contributed by atoms with Gasteiger partial charge in [-0.15, -0.1) is 23.1 Å². The summed E-state index contributed by atoms with van der Waals surface area (Å²) >= 11 is 3.46. The number of benzene rings is 1. The quantitative estimate of drug-likeness (QED) is 0.727. The summed E-state index contributed by atoms with van der Waals surface area (Å²) in [5, 5.41) is 5.69. The number of para-hydroxylation sites is 1. The third-order valence-electron chi connectivity index (χ3n) is 3.38. The summed E-state index contributed by atoms with van der Waals surface area (Å²) in [6, 6.07) is 8.40. The molecule has 0 fully saturated rings. The Hall–Kier alpha value is -1.46. The molecular formula is C15H17N3S2. The zero-order chi connectivity index (χ0) is 14.1. The molecule has 0 radical (unpaired) electrons. The maximum atomic E-state index is 4.63. The van der Waals surface area contributed by atoms with Crippen molar-refractivity contribution in [1.29, 1.82) is 0 Å². The van der Waals surface area contributed by atoms with Crippen LogP contribution in [0.1, 0.15) is 17.1 Å². The largest absolute Gasteiger partial charge is 0.378 e. The lowest BCUT2D eigenvalue weighted by atomic mass is 10.3. The Kier molecular flexibility index (Phi) is 3.72. The Morgan fingerprint density at radius 1 is 1.30 bits per heavy atom. The fourth-order valence-electron chi connectivity index (χ4n) is 2.35. The fraction of sp³-hybridized carbons (Fsp3) is 0.267. The Morgan fingerprint density at radius 3 is 2.90 bits per heavy atom. The number of nitrogens with zero attached hydrogens (tertiary/aromatic N) is 2. The summed E-state index contributed by atoms with van der Waals surface area (Å²) in [5.41, 5.74) is 4.78. The van der Waals surface area contributed by atoms with E-state index in [9.17, 15) is 0 Å². The van der Waals surface area contributed by atoms with Crippen LogP contribution in [0.5, 0.6) is 0 Å². The highest BCUT2D eigenvalue weighted by atomic mass is 32.2. The van der Waals surface area contributed by atoms with E-state index < -0.39 is 0 Å². The van der Waals surface area contributed by atoms with Gasteiger partial charge in [-0.25, -0.2) is 4.98 Å². The first-order chi connectivity index (χ1) is 9.70. The first-order valence-corrected chi connectivity index (χ1v) is 8.60. The normalized spacial score (nSPS) is 11.2. The molecule has 0 bridgehead atoms. The van der Waals surface area contributed by atoms with Gasteiger partial charge >= 0.3 is 0 Å². The highest BCUT2D eigenvalue weighted by Crippen LogP contribution is 2.26. The Balaban J connectivity index is 1.90. The molecule has 0 amide bonds. The molecule has 0 unspecified atom stereocenters. The average Bonchev–Trinajstić information content (AvgIpc) is 2.96. The minimum Gasteiger partial charge on any atom is -0.378 e. The van der Waals surface area contributed by atoms with Gasteiger partial charge in [-0.05, 0) is 32.2 Å². The molecule has 5 heteroatoms. The highest BCUT2D eigenvalue weighted by Gasteiger charge is 2.12. The molecule has 0 aliphatic heterocycles. The zero-order valence-corrected chi connectivity index (χ0v) is 13.4. The molecular weight excluding hydrogens is 286 g/mol. The summed E-state index contributed by atoms with van der Waals surface area (Å²) in [7, 11) is 0. The number of imidazole rings is 1. The smallest absolute Gasteiger partial charge is 0.194 e. The molecule has 2 heterocycles. The number of hydrogen-bond donors (Lipinski definition) is 1. The molecule has 3 aromatic rings. The summed E-state index contributed by atoms with van der Waals surface area (Å²) < 4.78 is 2.24. The van der Waals surface area contributed by atoms with Gasteiger partial charge in [0, 0.05) is 21.7 Å². The summed E-state index contributed by atoms with van der Waals surface area (Å²) in [5.74, 6) is 0. The van der Waals surface area contributed by atoms with Crippen LogP contribution in [-0.4, -0.2) is 15.6 Å². The van der Waals surface area contributed by atoms with E-state index in [1.165, 1.54) is 22.0 Å². The molecule has 2 aromatic heterocycles. The number of aromatic nitrogens is 2. The minimum absolute atomic E-state index is 0.794. The van der Waals surface area contributed by atoms with Crippen LogP contribution < -0.4 is 5.32 Å². The second-order valence-electron chi connectivity index (χ2n) is 4.69. The van der Waals surface area contributed by atoms with E-state index >= 15 is 0 Å². The molecule has 20 heavy (non-hydrogen) atoms. The Bertz CT molecular complexity index is 743. The van der Waals surface area contributed by atoms with E-state index in [4.69, 9.17) is 0 Å². The van der Waals surface area contributed by atoms with Gasteiger partial charge in [0.05, 0.1) is 17.9 Å². The summed E-state index contributed by atoms with van der Waals surface area (Å²) in [6.07, 6.45) is 2.10. The van der Waals surface area contributed by atoms with Crippen molar-refractivity contribution in [2.75, 3.05) is 11.6 Å². The number of nitrogens with one attached hydrogen (secondary N) is 1. The second-order valence-corrected chi connectivity index (χ2v) is 6.38. The second kappa shape index (κ2) is 5.50. The van der Waals surface area contributed by atoms with Crippen molar-refractivity contribution >= 4 is 33.7 Å². The molecule has 0 saturated carbocycles. The van der Waals surface area contributed by atoms with E-state index in [-0.39, 0.29) is 0 Å². The third-order valence-corrected chi connectivity index (χ3v) is 5.12. The maximum absolute atomic E-state index is 4.63. The van der Waals surface area contributed by atoms with Gasteiger partial charge in [-0.1, -0.05) is 12.1 Å². The number of thioether (sulfide) groups is 1. The standard InChI is InChI=1S/C15H17N3S2/c1-10-9-20-15-17-11(2)13(18(10)15)8-16-12-6-4-5-7-14(12)19-3/h4-7,9,16H,8H2,1-3H3. The molecule has 3 rings (SSSR count). The van der Waals surface area contributed by atoms with Crippen LogP contribution in [0.2, 0.25) is 0 Å². The molecule has 1 N–H and O–H groups in total. The van der Waals surface area contributed by atoms with Gasteiger partial charge in [0.1, 0.15) is 0 Å². The van der Waals surface area contributed by atoms with E-state index in [0.717, 1.165) is 17.2 Å². The first-order valence-electron chi connectivity index (χ1n) is 6.49. The predicted octanol–water partition coefficient (Wildman–Crippen LogP) is 4.35. The van der Waals surface area contributed by atoms with Crippen molar-refractivity contribution in [3.8, 4) is 0 Å². The van der Waals surface area contributed by atoms with Crippen molar-refractivity contribution in [3.63, 3.8) is 0 Å². The third kappa shape index (κ3) is 2.31. The van der Waals surface area contributed by atoms with Crippen molar-refractivity contribution in [2.45, 2.75) is 25.3 Å². The highest BCUT2D eigenvalue weighted by molar-refractivity contribution is 7.98. The van der Waals surface area contributed by atoms with Crippen LogP contribution in [0.4, 0.5) is 5.69 Å². The topological polar surface area (TPSA) is 29.3 Å². The van der Waals surface area contributed by atoms with Gasteiger partial charge in [0.2, 0.25) is 0 Å². The van der Waals surface area contributed by atoms with E-state index in [1.54, 1.807) is 23.1 Å². The summed E-state index contributed by atoms with van der Waals surface area (Å²) in [6.45, 7) is 5.00. The zero-order valence-electron chi connectivity index (χ0n) is 11.8. The average molecular weight is 303 g/mol. The fourth-order valence-corrected chi connectivity index (χ4v) is 3.85. The lowest BCUT2D eigenvalue weighted by Gasteiger charge is -2.10. The van der Waals surface area contributed by atoms with E-state index in [2.05, 4.69) is 64.5 Å². The number of thiazole rings is 1. The van der Waals surface area contributed by atoms with Crippen molar-refractivity contribution in [2.24, 2.45) is 0 Å². The SMILES string of the molecule is CSc1ccccc1NCc1c(C)nc2scc(C)n12. The molecule has 104 valence electrons. The van der Waals surface area contributed by atoms with Crippen molar-refractivity contribution in [1.82, 2.24) is 9.38 Å². The van der Waals surface area contributed by atoms with E-state index in [1.807, 2.05) is 0 Å². The first kappa shape index (κ1) is 13.5. The minimum atomic E-state index is 0.794. The van der Waals surface area contributed by atoms with Crippen LogP contribution in [0.3, 0.4) is 0 Å². The van der Waals surface area contributed by atoms with Gasteiger partial charge in [0.25, 0.3) is 0 Å². The molecule has 3 nitrogen and oxygen atoms in total. The van der Waals surface area contributed by atoms with Crippen LogP contribution in [0.25, 0.3) is 4.96 Å². The number of aryl methyl sites for hydroxylation is 2. The lowest BCUT2D eigenvalue weighted by Crippen LogP contribution is -2.05. The van der Waals surface area contributed by atoms with Crippen LogP contribution in [0, 0.1) is 13.8 Å². The van der Waals surface area contributed by atoms with Crippen molar-refractivity contribution < 1.29 is 0 Å². The molecule has 0 saturated heterocycles. The number of fused-ring (bicyclic) bond motifs is 1. The molecule has 0 aliphatic rings. The summed E-state index contributed by atoms with van der Waals surface area (Å²) in [4.78, 5) is 6.97. The van der Waals surface area contributed by atoms with Crippen molar-refractivity contribution in [3.05, 3.63) is 46.7 Å². The molecule has 0 spiro atoms. The van der Waals surface area contributed by atoms with Gasteiger partial charge in [0.15, 0.2) is 4.96 Å². The van der Waals surface area contributed by atoms with Crippen LogP contribution in [-0.2, 0) is 6.54 Å². The van der Waals surface area contributed by atoms with Gasteiger partial charge in [-0.2, -0.15) is 0 Å². The number of rotatable bonds is 4. The van der Waals surface area contributed by atoms with E-state index in [0.29, 0.717) is 0 Å². The predicted molar refractivity (Wildman–Crippen MR) is 88.1 cm³/mol. The van der Waals surface area contributed by atoms with Gasteiger partial charge in [-0.3, -0.25) is 4.40 Å². The number of hydrogen-bond acceptors (Lipinski definition) is 4. The lowest BCUT2D eigenvalue weighted by molar-refractivity contribution is 0.963. The maximum Gasteiger partial charge on any atom is 0.194 e. The number of anilines is 1. The van der Waals surface area contributed by atoms with Crippen LogP contribution >= 0.6 is 23.1 Å². The monoisotopic (exact) mass is 303 g/mol. The van der Waals surface area contributed by atoms with Gasteiger partial charge < -0.3 is 5.32 Å². The molecule has 0 atom stereocenters. The van der Waals surface area contributed by atoms with Crippen LogP contribution in [0.15, 0.2) is 34.5 Å². The molecule has 0 aliphatic carbocycles. The Labute approximate surface area is 127 Å². The Morgan fingerprint density at radius 2 is 2.10 bits per heavy atom. The molecule has 1 aromatic carbocycles.